The Bertz CT molecular complexity index is 561. The van der Waals surface area contributed by atoms with E-state index < -0.39 is 0 Å². The highest BCUT2D eigenvalue weighted by molar-refractivity contribution is 5.67. The summed E-state index contributed by atoms with van der Waals surface area (Å²) in [5.74, 6) is 1.46. The summed E-state index contributed by atoms with van der Waals surface area (Å²) in [5, 5.41) is 7.56. The molecule has 1 heterocycles. The van der Waals surface area contributed by atoms with Gasteiger partial charge in [0.1, 0.15) is 0 Å². The van der Waals surface area contributed by atoms with E-state index in [-0.39, 0.29) is 0 Å². The molecule has 2 rings (SSSR count). The minimum atomic E-state index is 0.725. The number of hydrogen-bond donors (Lipinski definition) is 1. The van der Waals surface area contributed by atoms with Crippen LogP contribution in [-0.4, -0.2) is 24.4 Å². The molecule has 1 aromatic heterocycles. The number of ether oxygens (including phenoxy) is 2. The Morgan fingerprint density at radius 2 is 1.79 bits per heavy atom. The zero-order valence-corrected chi connectivity index (χ0v) is 11.9. The van der Waals surface area contributed by atoms with Crippen molar-refractivity contribution in [2.24, 2.45) is 0 Å². The van der Waals surface area contributed by atoms with E-state index in [9.17, 15) is 0 Å². The van der Waals surface area contributed by atoms with Crippen molar-refractivity contribution in [1.82, 2.24) is 10.2 Å². The summed E-state index contributed by atoms with van der Waals surface area (Å²) in [6.07, 6.45) is 1.92. The molecule has 0 radical (unpaired) electrons. The maximum atomic E-state index is 5.34. The Labute approximate surface area is 113 Å². The van der Waals surface area contributed by atoms with E-state index in [0.717, 1.165) is 35.6 Å². The number of benzene rings is 1. The Balaban J connectivity index is 2.50. The van der Waals surface area contributed by atoms with Crippen LogP contribution in [0.15, 0.2) is 18.2 Å². The summed E-state index contributed by atoms with van der Waals surface area (Å²) >= 11 is 0. The number of rotatable bonds is 5. The van der Waals surface area contributed by atoms with Crippen molar-refractivity contribution in [3.05, 3.63) is 29.5 Å². The van der Waals surface area contributed by atoms with Crippen LogP contribution < -0.4 is 9.47 Å². The van der Waals surface area contributed by atoms with Crippen molar-refractivity contribution >= 4 is 0 Å². The zero-order chi connectivity index (χ0) is 13.8. The van der Waals surface area contributed by atoms with Gasteiger partial charge in [-0.2, -0.15) is 5.10 Å². The number of methoxy groups -OCH3 is 2. The Hall–Kier alpha value is -1.97. The summed E-state index contributed by atoms with van der Waals surface area (Å²) in [7, 11) is 3.28. The van der Waals surface area contributed by atoms with Crippen LogP contribution in [0.4, 0.5) is 0 Å². The average Bonchev–Trinajstić information content (AvgIpc) is 2.89. The van der Waals surface area contributed by atoms with E-state index >= 15 is 0 Å². The number of hydrogen-bond acceptors (Lipinski definition) is 3. The van der Waals surface area contributed by atoms with Gasteiger partial charge in [-0.05, 0) is 31.0 Å². The van der Waals surface area contributed by atoms with Gasteiger partial charge in [0.15, 0.2) is 11.5 Å². The van der Waals surface area contributed by atoms with Crippen molar-refractivity contribution in [2.75, 3.05) is 14.2 Å². The zero-order valence-electron chi connectivity index (χ0n) is 11.9. The predicted molar refractivity (Wildman–Crippen MR) is 75.9 cm³/mol. The van der Waals surface area contributed by atoms with Crippen LogP contribution in [-0.2, 0) is 12.8 Å². The fourth-order valence-electron chi connectivity index (χ4n) is 2.30. The summed E-state index contributed by atoms with van der Waals surface area (Å²) in [6.45, 7) is 4.28. The van der Waals surface area contributed by atoms with Gasteiger partial charge in [-0.25, -0.2) is 0 Å². The molecule has 19 heavy (non-hydrogen) atoms. The lowest BCUT2D eigenvalue weighted by Gasteiger charge is -2.09. The average molecular weight is 260 g/mol. The van der Waals surface area contributed by atoms with Crippen LogP contribution in [0.5, 0.6) is 11.5 Å². The maximum Gasteiger partial charge on any atom is 0.161 e. The Morgan fingerprint density at radius 3 is 2.37 bits per heavy atom. The van der Waals surface area contributed by atoms with Crippen molar-refractivity contribution < 1.29 is 9.47 Å². The molecule has 0 aliphatic heterocycles. The van der Waals surface area contributed by atoms with Gasteiger partial charge in [0.25, 0.3) is 0 Å². The fourth-order valence-corrected chi connectivity index (χ4v) is 2.30. The van der Waals surface area contributed by atoms with Crippen molar-refractivity contribution in [1.29, 1.82) is 0 Å². The highest BCUT2D eigenvalue weighted by atomic mass is 16.5. The third-order valence-corrected chi connectivity index (χ3v) is 3.32. The van der Waals surface area contributed by atoms with Gasteiger partial charge in [0.05, 0.1) is 19.9 Å². The molecule has 2 aromatic rings. The van der Waals surface area contributed by atoms with Gasteiger partial charge in [0, 0.05) is 16.8 Å². The van der Waals surface area contributed by atoms with Gasteiger partial charge in [-0.3, -0.25) is 5.10 Å². The molecule has 0 aliphatic rings. The van der Waals surface area contributed by atoms with E-state index in [1.165, 1.54) is 11.3 Å². The summed E-state index contributed by atoms with van der Waals surface area (Å²) < 4.78 is 10.6. The molecule has 0 fully saturated rings. The van der Waals surface area contributed by atoms with Crippen LogP contribution in [0.2, 0.25) is 0 Å². The first-order valence-electron chi connectivity index (χ1n) is 6.53. The summed E-state index contributed by atoms with van der Waals surface area (Å²) in [6, 6.07) is 5.89. The van der Waals surface area contributed by atoms with Gasteiger partial charge >= 0.3 is 0 Å². The molecule has 4 heteroatoms. The van der Waals surface area contributed by atoms with E-state index in [4.69, 9.17) is 9.47 Å². The highest BCUT2D eigenvalue weighted by Gasteiger charge is 2.14. The Kier molecular flexibility index (Phi) is 4.10. The Morgan fingerprint density at radius 1 is 1.05 bits per heavy atom. The SMILES string of the molecule is CCc1[nH]nc(-c2ccc(OC)c(OC)c2)c1CC. The predicted octanol–water partition coefficient (Wildman–Crippen LogP) is 3.22. The number of aromatic amines is 1. The second kappa shape index (κ2) is 5.78. The lowest BCUT2D eigenvalue weighted by atomic mass is 10.0. The molecule has 0 amide bonds. The lowest BCUT2D eigenvalue weighted by molar-refractivity contribution is 0.355. The molecule has 0 aliphatic carbocycles. The summed E-state index contributed by atoms with van der Waals surface area (Å²) in [4.78, 5) is 0. The third kappa shape index (κ3) is 2.43. The van der Waals surface area contributed by atoms with Gasteiger partial charge < -0.3 is 9.47 Å². The molecular weight excluding hydrogens is 240 g/mol. The minimum Gasteiger partial charge on any atom is -0.493 e. The molecule has 1 N–H and O–H groups in total. The van der Waals surface area contributed by atoms with Gasteiger partial charge in [-0.15, -0.1) is 0 Å². The van der Waals surface area contributed by atoms with Crippen LogP contribution in [0, 0.1) is 0 Å². The van der Waals surface area contributed by atoms with Gasteiger partial charge in [-0.1, -0.05) is 13.8 Å². The smallest absolute Gasteiger partial charge is 0.161 e. The first-order chi connectivity index (χ1) is 9.24. The molecule has 0 saturated carbocycles. The standard InChI is InChI=1S/C15H20N2O2/c1-5-11-12(6-2)16-17-15(11)10-7-8-13(18-3)14(9-10)19-4/h7-9H,5-6H2,1-4H3,(H,16,17). The molecule has 4 nitrogen and oxygen atoms in total. The van der Waals surface area contributed by atoms with Crippen LogP contribution in [0.25, 0.3) is 11.3 Å². The van der Waals surface area contributed by atoms with E-state index in [2.05, 4.69) is 24.0 Å². The summed E-state index contributed by atoms with van der Waals surface area (Å²) in [5.41, 5.74) is 4.52. The molecule has 0 unspecified atom stereocenters. The van der Waals surface area contributed by atoms with E-state index in [0.29, 0.717) is 0 Å². The van der Waals surface area contributed by atoms with Crippen molar-refractivity contribution in [3.63, 3.8) is 0 Å². The van der Waals surface area contributed by atoms with Crippen LogP contribution in [0.1, 0.15) is 25.1 Å². The largest absolute Gasteiger partial charge is 0.493 e. The van der Waals surface area contributed by atoms with E-state index in [1.807, 2.05) is 18.2 Å². The molecule has 0 bridgehead atoms. The molecule has 0 atom stereocenters. The first kappa shape index (κ1) is 13.5. The molecule has 0 saturated heterocycles. The van der Waals surface area contributed by atoms with Crippen LogP contribution >= 0.6 is 0 Å². The molecule has 0 spiro atoms. The van der Waals surface area contributed by atoms with Crippen molar-refractivity contribution in [3.8, 4) is 22.8 Å². The van der Waals surface area contributed by atoms with E-state index in [1.54, 1.807) is 14.2 Å². The van der Waals surface area contributed by atoms with Crippen molar-refractivity contribution in [2.45, 2.75) is 26.7 Å². The topological polar surface area (TPSA) is 47.1 Å². The number of aryl methyl sites for hydroxylation is 1. The quantitative estimate of drug-likeness (QED) is 0.898. The van der Waals surface area contributed by atoms with Gasteiger partial charge in [0.2, 0.25) is 0 Å². The number of nitrogens with one attached hydrogen (secondary N) is 1. The number of nitrogens with zero attached hydrogens (tertiary/aromatic N) is 1. The third-order valence-electron chi connectivity index (χ3n) is 3.32. The van der Waals surface area contributed by atoms with Crippen LogP contribution in [0.3, 0.4) is 0 Å². The normalized spacial score (nSPS) is 10.5. The lowest BCUT2D eigenvalue weighted by Crippen LogP contribution is -1.93. The molecule has 102 valence electrons. The number of aromatic nitrogens is 2. The highest BCUT2D eigenvalue weighted by Crippen LogP contribution is 2.33. The monoisotopic (exact) mass is 260 g/mol. The second-order valence-electron chi connectivity index (χ2n) is 4.31. The minimum absolute atomic E-state index is 0.725. The maximum absolute atomic E-state index is 5.34. The first-order valence-corrected chi connectivity index (χ1v) is 6.53. The second-order valence-corrected chi connectivity index (χ2v) is 4.31. The fraction of sp³-hybridized carbons (Fsp3) is 0.400. The number of H-pyrrole nitrogens is 1. The molecular formula is C15H20N2O2. The molecule has 1 aromatic carbocycles.